The van der Waals surface area contributed by atoms with Gasteiger partial charge in [0.1, 0.15) is 23.0 Å². The fraction of sp³-hybridized carbons (Fsp3) is 0.387. The first-order chi connectivity index (χ1) is 18.1. The molecule has 0 spiro atoms. The van der Waals surface area contributed by atoms with E-state index in [4.69, 9.17) is 4.74 Å². The molecule has 0 heterocycles. The average Bonchev–Trinajstić information content (AvgIpc) is 2.85. The third-order valence-electron chi connectivity index (χ3n) is 6.62. The van der Waals surface area contributed by atoms with Gasteiger partial charge in [0.25, 0.3) is 5.91 Å². The number of aliphatic hydroxyl groups excluding tert-OH is 1. The zero-order valence-electron chi connectivity index (χ0n) is 22.1. The Morgan fingerprint density at radius 1 is 1.05 bits per heavy atom. The van der Waals surface area contributed by atoms with Crippen molar-refractivity contribution in [2.75, 3.05) is 6.54 Å². The molecule has 202 valence electrons. The van der Waals surface area contributed by atoms with E-state index in [2.05, 4.69) is 22.8 Å². The Labute approximate surface area is 223 Å². The van der Waals surface area contributed by atoms with Crippen LogP contribution in [0.15, 0.2) is 66.7 Å². The SMILES string of the molecule is CC(C)(C)Oc1ccc2c(c1)[C@H](NC[C@H](O)C(Cc1cc(F)cc(F)c1)NC(=O)c1ccccc1)CCC2. The molecule has 0 saturated carbocycles. The number of carbonyl (C=O) groups is 1. The minimum atomic E-state index is -1.01. The minimum Gasteiger partial charge on any atom is -0.488 e. The predicted molar refractivity (Wildman–Crippen MR) is 144 cm³/mol. The first-order valence-corrected chi connectivity index (χ1v) is 13.1. The third kappa shape index (κ3) is 7.62. The van der Waals surface area contributed by atoms with Crippen LogP contribution >= 0.6 is 0 Å². The van der Waals surface area contributed by atoms with E-state index in [1.54, 1.807) is 24.3 Å². The van der Waals surface area contributed by atoms with Crippen LogP contribution in [0.4, 0.5) is 8.78 Å². The van der Waals surface area contributed by atoms with Crippen LogP contribution in [0.2, 0.25) is 0 Å². The summed E-state index contributed by atoms with van der Waals surface area (Å²) in [6.07, 6.45) is 1.95. The third-order valence-corrected chi connectivity index (χ3v) is 6.62. The lowest BCUT2D eigenvalue weighted by Gasteiger charge is -2.31. The molecule has 1 unspecified atom stereocenters. The maximum absolute atomic E-state index is 13.9. The zero-order valence-corrected chi connectivity index (χ0v) is 22.1. The number of nitrogens with one attached hydrogen (secondary N) is 2. The molecular weight excluding hydrogens is 486 g/mol. The molecular formula is C31H36F2N2O3. The summed E-state index contributed by atoms with van der Waals surface area (Å²) in [6, 6.07) is 17.3. The highest BCUT2D eigenvalue weighted by Gasteiger charge is 2.26. The first kappa shape index (κ1) is 27.7. The molecule has 3 aromatic carbocycles. The molecule has 0 bridgehead atoms. The Morgan fingerprint density at radius 3 is 2.45 bits per heavy atom. The van der Waals surface area contributed by atoms with Crippen molar-refractivity contribution in [3.63, 3.8) is 0 Å². The van der Waals surface area contributed by atoms with Crippen molar-refractivity contribution >= 4 is 5.91 Å². The van der Waals surface area contributed by atoms with Crippen LogP contribution in [0, 0.1) is 11.6 Å². The molecule has 0 saturated heterocycles. The van der Waals surface area contributed by atoms with Gasteiger partial charge in [0.2, 0.25) is 0 Å². The van der Waals surface area contributed by atoms with Gasteiger partial charge in [-0.3, -0.25) is 4.79 Å². The Hall–Kier alpha value is -3.29. The Kier molecular flexibility index (Phi) is 8.80. The highest BCUT2D eigenvalue weighted by atomic mass is 19.1. The number of halogens is 2. The van der Waals surface area contributed by atoms with Crippen molar-refractivity contribution in [1.29, 1.82) is 0 Å². The van der Waals surface area contributed by atoms with Crippen LogP contribution in [0.5, 0.6) is 5.75 Å². The van der Waals surface area contributed by atoms with Gasteiger partial charge in [0.15, 0.2) is 0 Å². The first-order valence-electron chi connectivity index (χ1n) is 13.1. The van der Waals surface area contributed by atoms with Gasteiger partial charge in [0, 0.05) is 24.2 Å². The molecule has 1 amide bonds. The predicted octanol–water partition coefficient (Wildman–Crippen LogP) is 5.51. The van der Waals surface area contributed by atoms with E-state index in [9.17, 15) is 18.7 Å². The molecule has 0 aliphatic heterocycles. The standard InChI is InChI=1S/C31H36F2N2O3/c1-31(2,3)38-25-13-12-21-10-7-11-27(26(21)18-25)34-19-29(36)28(16-20-14-23(32)17-24(33)15-20)35-30(37)22-8-5-4-6-9-22/h4-6,8-9,12-15,17-18,27-29,34,36H,7,10-11,16,19H2,1-3H3,(H,35,37)/t27-,28?,29+/m1/s1. The minimum absolute atomic E-state index is 0.00834. The number of hydrogen-bond acceptors (Lipinski definition) is 4. The summed E-state index contributed by atoms with van der Waals surface area (Å²) >= 11 is 0. The number of aliphatic hydroxyl groups is 1. The van der Waals surface area contributed by atoms with Gasteiger partial charge in [-0.15, -0.1) is 0 Å². The van der Waals surface area contributed by atoms with Crippen LogP contribution in [-0.4, -0.2) is 35.3 Å². The van der Waals surface area contributed by atoms with Crippen LogP contribution in [-0.2, 0) is 12.8 Å². The van der Waals surface area contributed by atoms with Gasteiger partial charge < -0.3 is 20.5 Å². The lowest BCUT2D eigenvalue weighted by atomic mass is 9.87. The second-order valence-corrected chi connectivity index (χ2v) is 10.9. The topological polar surface area (TPSA) is 70.6 Å². The maximum atomic E-state index is 13.9. The monoisotopic (exact) mass is 522 g/mol. The summed E-state index contributed by atoms with van der Waals surface area (Å²) in [7, 11) is 0. The largest absolute Gasteiger partial charge is 0.488 e. The van der Waals surface area contributed by atoms with Crippen molar-refractivity contribution < 1.29 is 23.4 Å². The molecule has 5 nitrogen and oxygen atoms in total. The van der Waals surface area contributed by atoms with Gasteiger partial charge in [-0.2, -0.15) is 0 Å². The van der Waals surface area contributed by atoms with Gasteiger partial charge in [-0.25, -0.2) is 8.78 Å². The van der Waals surface area contributed by atoms with Crippen molar-refractivity contribution in [3.05, 3.63) is 101 Å². The molecule has 0 fully saturated rings. The number of benzene rings is 3. The number of fused-ring (bicyclic) bond motifs is 1. The molecule has 38 heavy (non-hydrogen) atoms. The van der Waals surface area contributed by atoms with E-state index < -0.39 is 23.8 Å². The summed E-state index contributed by atoms with van der Waals surface area (Å²) in [5.74, 6) is -0.967. The highest BCUT2D eigenvalue weighted by molar-refractivity contribution is 5.94. The normalized spacial score (nSPS) is 16.8. The lowest BCUT2D eigenvalue weighted by molar-refractivity contribution is 0.0822. The van der Waals surface area contributed by atoms with E-state index in [0.717, 1.165) is 36.6 Å². The highest BCUT2D eigenvalue weighted by Crippen LogP contribution is 2.33. The fourth-order valence-electron chi connectivity index (χ4n) is 4.92. The van der Waals surface area contributed by atoms with E-state index in [0.29, 0.717) is 11.1 Å². The van der Waals surface area contributed by atoms with E-state index in [1.165, 1.54) is 17.7 Å². The zero-order chi connectivity index (χ0) is 27.3. The Morgan fingerprint density at radius 2 is 1.76 bits per heavy atom. The molecule has 0 aromatic heterocycles. The van der Waals surface area contributed by atoms with E-state index in [-0.39, 0.29) is 30.5 Å². The molecule has 3 aromatic rings. The van der Waals surface area contributed by atoms with Crippen molar-refractivity contribution in [2.24, 2.45) is 0 Å². The van der Waals surface area contributed by atoms with Gasteiger partial charge in [-0.05, 0) is 99.5 Å². The number of rotatable bonds is 9. The number of aryl methyl sites for hydroxylation is 1. The average molecular weight is 523 g/mol. The van der Waals surface area contributed by atoms with Gasteiger partial charge in [-0.1, -0.05) is 24.3 Å². The van der Waals surface area contributed by atoms with E-state index >= 15 is 0 Å². The van der Waals surface area contributed by atoms with Gasteiger partial charge >= 0.3 is 0 Å². The van der Waals surface area contributed by atoms with Crippen LogP contribution in [0.1, 0.15) is 66.7 Å². The summed E-state index contributed by atoms with van der Waals surface area (Å²) < 4.78 is 33.8. The van der Waals surface area contributed by atoms with Crippen molar-refractivity contribution in [1.82, 2.24) is 10.6 Å². The molecule has 4 rings (SSSR count). The molecule has 0 radical (unpaired) electrons. The second-order valence-electron chi connectivity index (χ2n) is 10.9. The molecule has 3 atom stereocenters. The van der Waals surface area contributed by atoms with Crippen LogP contribution in [0.25, 0.3) is 0 Å². The molecule has 3 N–H and O–H groups in total. The maximum Gasteiger partial charge on any atom is 0.251 e. The number of ether oxygens (including phenoxy) is 1. The summed E-state index contributed by atoms with van der Waals surface area (Å²) in [5, 5.41) is 17.5. The number of amides is 1. The number of carbonyl (C=O) groups excluding carboxylic acids is 1. The molecule has 1 aliphatic rings. The van der Waals surface area contributed by atoms with Crippen molar-refractivity contribution in [2.45, 2.75) is 70.2 Å². The van der Waals surface area contributed by atoms with Crippen LogP contribution < -0.4 is 15.4 Å². The van der Waals surface area contributed by atoms with Crippen molar-refractivity contribution in [3.8, 4) is 5.75 Å². The summed E-state index contributed by atoms with van der Waals surface area (Å²) in [5.41, 5.74) is 2.86. The quantitative estimate of drug-likeness (QED) is 0.347. The smallest absolute Gasteiger partial charge is 0.251 e. The molecule has 1 aliphatic carbocycles. The van der Waals surface area contributed by atoms with Gasteiger partial charge in [0.05, 0.1) is 12.1 Å². The lowest BCUT2D eigenvalue weighted by Crippen LogP contribution is -2.49. The Balaban J connectivity index is 1.50. The summed E-state index contributed by atoms with van der Waals surface area (Å²) in [4.78, 5) is 12.9. The second kappa shape index (κ2) is 12.0. The number of hydrogen-bond donors (Lipinski definition) is 3. The van der Waals surface area contributed by atoms with E-state index in [1.807, 2.05) is 32.9 Å². The summed E-state index contributed by atoms with van der Waals surface area (Å²) in [6.45, 7) is 6.21. The Bertz CT molecular complexity index is 1220. The molecule has 7 heteroatoms. The fourth-order valence-corrected chi connectivity index (χ4v) is 4.92. The van der Waals surface area contributed by atoms with Crippen LogP contribution in [0.3, 0.4) is 0 Å².